The summed E-state index contributed by atoms with van der Waals surface area (Å²) < 4.78 is 14.9. The van der Waals surface area contributed by atoms with Gasteiger partial charge in [0, 0.05) is 18.4 Å². The van der Waals surface area contributed by atoms with Gasteiger partial charge in [0.25, 0.3) is 0 Å². The third kappa shape index (κ3) is 3.04. The maximum atomic E-state index is 12.9. The normalized spacial score (nSPS) is 10.9. The van der Waals surface area contributed by atoms with Crippen LogP contribution in [0.4, 0.5) is 4.39 Å². The number of halogens is 1. The van der Waals surface area contributed by atoms with Crippen LogP contribution in [-0.4, -0.2) is 14.8 Å². The number of rotatable bonds is 4. The molecule has 0 fully saturated rings. The molecule has 3 aromatic rings. The number of nitrogens with zero attached hydrogens (tertiary/aromatic N) is 3. The molecule has 1 heterocycles. The minimum Gasteiger partial charge on any atom is -0.305 e. The van der Waals surface area contributed by atoms with E-state index in [1.165, 1.54) is 17.7 Å². The van der Waals surface area contributed by atoms with Crippen LogP contribution in [0.15, 0.2) is 53.7 Å². The fourth-order valence-corrected chi connectivity index (χ4v) is 3.09. The van der Waals surface area contributed by atoms with Crippen LogP contribution in [0.1, 0.15) is 11.1 Å². The average molecular weight is 313 g/mol. The molecule has 1 aromatic heterocycles. The molecule has 3 nitrogen and oxygen atoms in total. The predicted octanol–water partition coefficient (Wildman–Crippen LogP) is 4.22. The van der Waals surface area contributed by atoms with Gasteiger partial charge in [-0.15, -0.1) is 10.2 Å². The number of benzene rings is 2. The van der Waals surface area contributed by atoms with E-state index in [0.717, 1.165) is 27.9 Å². The van der Waals surface area contributed by atoms with Gasteiger partial charge >= 0.3 is 0 Å². The highest BCUT2D eigenvalue weighted by Gasteiger charge is 2.12. The summed E-state index contributed by atoms with van der Waals surface area (Å²) in [6, 6.07) is 14.7. The van der Waals surface area contributed by atoms with E-state index in [1.54, 1.807) is 23.9 Å². The van der Waals surface area contributed by atoms with Gasteiger partial charge in [0.2, 0.25) is 0 Å². The fourth-order valence-electron chi connectivity index (χ4n) is 2.23. The van der Waals surface area contributed by atoms with E-state index in [9.17, 15) is 4.39 Å². The van der Waals surface area contributed by atoms with Crippen LogP contribution >= 0.6 is 11.8 Å². The minimum absolute atomic E-state index is 0.214. The molecule has 0 aliphatic carbocycles. The maximum Gasteiger partial charge on any atom is 0.191 e. The van der Waals surface area contributed by atoms with Crippen LogP contribution in [0.5, 0.6) is 0 Å². The van der Waals surface area contributed by atoms with Gasteiger partial charge in [-0.25, -0.2) is 4.39 Å². The van der Waals surface area contributed by atoms with Crippen LogP contribution in [0.25, 0.3) is 11.4 Å². The summed E-state index contributed by atoms with van der Waals surface area (Å²) in [7, 11) is 1.97. The molecule has 0 aliphatic rings. The predicted molar refractivity (Wildman–Crippen MR) is 87.1 cm³/mol. The lowest BCUT2D eigenvalue weighted by atomic mass is 10.1. The van der Waals surface area contributed by atoms with Crippen LogP contribution in [-0.2, 0) is 12.8 Å². The molecular formula is C17H16FN3S. The summed E-state index contributed by atoms with van der Waals surface area (Å²) in [5, 5.41) is 9.42. The van der Waals surface area contributed by atoms with Gasteiger partial charge in [0.15, 0.2) is 11.0 Å². The first-order valence-electron chi connectivity index (χ1n) is 6.98. The lowest BCUT2D eigenvalue weighted by molar-refractivity contribution is 0.627. The van der Waals surface area contributed by atoms with Crippen molar-refractivity contribution in [1.29, 1.82) is 0 Å². The highest BCUT2D eigenvalue weighted by molar-refractivity contribution is 7.98. The van der Waals surface area contributed by atoms with E-state index in [0.29, 0.717) is 0 Å². The number of aryl methyl sites for hydroxylation is 1. The number of hydrogen-bond donors (Lipinski definition) is 0. The van der Waals surface area contributed by atoms with Crippen LogP contribution in [0.2, 0.25) is 0 Å². The van der Waals surface area contributed by atoms with Crippen molar-refractivity contribution in [3.63, 3.8) is 0 Å². The Labute approximate surface area is 133 Å². The highest BCUT2D eigenvalue weighted by Crippen LogP contribution is 2.26. The zero-order valence-corrected chi connectivity index (χ0v) is 13.3. The Kier molecular flexibility index (Phi) is 4.24. The maximum absolute atomic E-state index is 12.9. The molecule has 0 saturated heterocycles. The molecule has 2 aromatic carbocycles. The van der Waals surface area contributed by atoms with Gasteiger partial charge in [-0.3, -0.25) is 0 Å². The monoisotopic (exact) mass is 313 g/mol. The third-order valence-corrected chi connectivity index (χ3v) is 4.59. The number of aromatic nitrogens is 3. The van der Waals surface area contributed by atoms with Crippen molar-refractivity contribution < 1.29 is 4.39 Å². The number of thioether (sulfide) groups is 1. The largest absolute Gasteiger partial charge is 0.305 e. The molecule has 0 atom stereocenters. The lowest BCUT2D eigenvalue weighted by Crippen LogP contribution is -1.96. The second kappa shape index (κ2) is 6.32. The molecule has 5 heteroatoms. The Morgan fingerprint density at radius 1 is 1.05 bits per heavy atom. The van der Waals surface area contributed by atoms with E-state index in [4.69, 9.17) is 0 Å². The van der Waals surface area contributed by atoms with Crippen molar-refractivity contribution in [3.8, 4) is 11.4 Å². The quantitative estimate of drug-likeness (QED) is 0.676. The van der Waals surface area contributed by atoms with Crippen molar-refractivity contribution in [2.45, 2.75) is 17.8 Å². The Balaban J connectivity index is 1.79. The summed E-state index contributed by atoms with van der Waals surface area (Å²) in [6.07, 6.45) is 0. The highest BCUT2D eigenvalue weighted by atomic mass is 32.2. The summed E-state index contributed by atoms with van der Waals surface area (Å²) in [5.74, 6) is 1.38. The second-order valence-corrected chi connectivity index (χ2v) is 6.04. The zero-order chi connectivity index (χ0) is 15.5. The van der Waals surface area contributed by atoms with Gasteiger partial charge in [0.1, 0.15) is 5.82 Å². The van der Waals surface area contributed by atoms with Crippen molar-refractivity contribution in [2.75, 3.05) is 0 Å². The number of hydrogen-bond acceptors (Lipinski definition) is 3. The third-order valence-electron chi connectivity index (χ3n) is 3.50. The van der Waals surface area contributed by atoms with Gasteiger partial charge in [-0.05, 0) is 30.2 Å². The van der Waals surface area contributed by atoms with Crippen LogP contribution in [0.3, 0.4) is 0 Å². The van der Waals surface area contributed by atoms with Crippen molar-refractivity contribution in [3.05, 3.63) is 65.5 Å². The van der Waals surface area contributed by atoms with E-state index in [2.05, 4.69) is 23.2 Å². The van der Waals surface area contributed by atoms with E-state index >= 15 is 0 Å². The van der Waals surface area contributed by atoms with Gasteiger partial charge in [-0.1, -0.05) is 48.2 Å². The van der Waals surface area contributed by atoms with Gasteiger partial charge in [-0.2, -0.15) is 0 Å². The average Bonchev–Trinajstić information content (AvgIpc) is 2.88. The molecule has 0 unspecified atom stereocenters. The van der Waals surface area contributed by atoms with E-state index in [-0.39, 0.29) is 5.82 Å². The van der Waals surface area contributed by atoms with E-state index in [1.807, 2.05) is 29.8 Å². The van der Waals surface area contributed by atoms with Crippen molar-refractivity contribution >= 4 is 11.8 Å². The molecule has 0 amide bonds. The molecule has 0 N–H and O–H groups in total. The molecule has 0 bridgehead atoms. The molecule has 0 spiro atoms. The molecule has 3 rings (SSSR count). The summed E-state index contributed by atoms with van der Waals surface area (Å²) in [4.78, 5) is 0. The summed E-state index contributed by atoms with van der Waals surface area (Å²) >= 11 is 1.59. The molecular weight excluding hydrogens is 297 g/mol. The molecule has 112 valence electrons. The van der Waals surface area contributed by atoms with Gasteiger partial charge < -0.3 is 4.57 Å². The lowest BCUT2D eigenvalue weighted by Gasteiger charge is -2.06. The molecule has 22 heavy (non-hydrogen) atoms. The van der Waals surface area contributed by atoms with Crippen molar-refractivity contribution in [2.24, 2.45) is 7.05 Å². The Bertz CT molecular complexity index is 781. The summed E-state index contributed by atoms with van der Waals surface area (Å²) in [6.45, 7) is 2.06. The van der Waals surface area contributed by atoms with Crippen molar-refractivity contribution in [1.82, 2.24) is 14.8 Å². The standard InChI is InChI=1S/C17H16FN3S/c1-12-5-3-4-6-15(12)16-19-20-17(21(16)2)22-11-13-7-9-14(18)10-8-13/h3-10H,11H2,1-2H3. The zero-order valence-electron chi connectivity index (χ0n) is 12.5. The first-order valence-corrected chi connectivity index (χ1v) is 7.96. The first-order chi connectivity index (χ1) is 10.6. The minimum atomic E-state index is -0.214. The SMILES string of the molecule is Cc1ccccc1-c1nnc(SCc2ccc(F)cc2)n1C. The summed E-state index contributed by atoms with van der Waals surface area (Å²) in [5.41, 5.74) is 3.33. The molecule has 0 radical (unpaired) electrons. The van der Waals surface area contributed by atoms with Gasteiger partial charge in [0.05, 0.1) is 0 Å². The molecule has 0 saturated carbocycles. The fraction of sp³-hybridized carbons (Fsp3) is 0.176. The Hall–Kier alpha value is -2.14. The smallest absolute Gasteiger partial charge is 0.191 e. The van der Waals surface area contributed by atoms with E-state index < -0.39 is 0 Å². The first kappa shape index (κ1) is 14.8. The van der Waals surface area contributed by atoms with Crippen LogP contribution < -0.4 is 0 Å². The Morgan fingerprint density at radius 3 is 2.50 bits per heavy atom. The second-order valence-electron chi connectivity index (χ2n) is 5.10. The topological polar surface area (TPSA) is 30.7 Å². The Morgan fingerprint density at radius 2 is 1.77 bits per heavy atom. The van der Waals surface area contributed by atoms with Crippen LogP contribution in [0, 0.1) is 12.7 Å². The molecule has 0 aliphatic heterocycles.